The van der Waals surface area contributed by atoms with Crippen LogP contribution in [0.2, 0.25) is 0 Å². The third-order valence-electron chi connectivity index (χ3n) is 3.42. The number of para-hydroxylation sites is 1. The van der Waals surface area contributed by atoms with Crippen LogP contribution in [0.1, 0.15) is 31.7 Å². The second-order valence-electron chi connectivity index (χ2n) is 4.98. The monoisotopic (exact) mass is 293 g/mol. The van der Waals surface area contributed by atoms with Crippen molar-refractivity contribution >= 4 is 11.9 Å². The van der Waals surface area contributed by atoms with Gasteiger partial charge >= 0.3 is 5.97 Å². The van der Waals surface area contributed by atoms with Crippen LogP contribution < -0.4 is 4.74 Å². The van der Waals surface area contributed by atoms with E-state index in [-0.39, 0.29) is 12.3 Å². The first kappa shape index (κ1) is 17.0. The highest BCUT2D eigenvalue weighted by atomic mass is 16.5. The minimum Gasteiger partial charge on any atom is -0.493 e. The Morgan fingerprint density at radius 3 is 2.57 bits per heavy atom. The van der Waals surface area contributed by atoms with Gasteiger partial charge < -0.3 is 14.7 Å². The molecule has 1 rings (SSSR count). The third kappa shape index (κ3) is 5.10. The van der Waals surface area contributed by atoms with Gasteiger partial charge in [-0.2, -0.15) is 0 Å². The normalized spacial score (nSPS) is 11.8. The summed E-state index contributed by atoms with van der Waals surface area (Å²) in [4.78, 5) is 24.2. The molecular formula is C16H23NO4. The summed E-state index contributed by atoms with van der Waals surface area (Å²) in [6, 6.07) is 6.94. The maximum atomic E-state index is 11.9. The lowest BCUT2D eigenvalue weighted by atomic mass is 10.2. The predicted octanol–water partition coefficient (Wildman–Crippen LogP) is 2.48. The number of hydrogen-bond donors (Lipinski definition) is 1. The van der Waals surface area contributed by atoms with E-state index in [1.165, 1.54) is 11.9 Å². The first-order chi connectivity index (χ1) is 9.97. The Morgan fingerprint density at radius 1 is 1.33 bits per heavy atom. The Bertz CT molecular complexity index is 487. The number of carbonyl (C=O) groups is 2. The molecule has 0 saturated heterocycles. The number of benzene rings is 1. The fraction of sp³-hybridized carbons (Fsp3) is 0.500. The summed E-state index contributed by atoms with van der Waals surface area (Å²) in [5.41, 5.74) is 1.05. The van der Waals surface area contributed by atoms with Gasteiger partial charge in [-0.15, -0.1) is 0 Å². The fourth-order valence-electron chi connectivity index (χ4n) is 2.09. The number of hydrogen-bond acceptors (Lipinski definition) is 3. The summed E-state index contributed by atoms with van der Waals surface area (Å²) >= 11 is 0. The first-order valence-corrected chi connectivity index (χ1v) is 7.14. The second-order valence-corrected chi connectivity index (χ2v) is 4.98. The molecular weight excluding hydrogens is 270 g/mol. The summed E-state index contributed by atoms with van der Waals surface area (Å²) in [7, 11) is 1.53. The van der Waals surface area contributed by atoms with Gasteiger partial charge in [0.2, 0.25) is 5.91 Å². The van der Waals surface area contributed by atoms with Gasteiger partial charge in [0.05, 0.1) is 6.61 Å². The molecule has 0 bridgehead atoms. The molecule has 0 spiro atoms. The number of carboxylic acid groups (broad SMARTS) is 1. The lowest BCUT2D eigenvalue weighted by molar-refractivity contribution is -0.149. The van der Waals surface area contributed by atoms with E-state index >= 15 is 0 Å². The Balaban J connectivity index is 2.37. The van der Waals surface area contributed by atoms with Crippen LogP contribution in [0.25, 0.3) is 0 Å². The van der Waals surface area contributed by atoms with E-state index < -0.39 is 12.0 Å². The summed E-state index contributed by atoms with van der Waals surface area (Å²) in [6.07, 6.45) is 1.25. The van der Waals surface area contributed by atoms with Crippen molar-refractivity contribution < 1.29 is 19.4 Å². The van der Waals surface area contributed by atoms with E-state index in [2.05, 4.69) is 0 Å². The SMILES string of the molecule is CCC(C(=O)O)N(C)C(=O)CCCOc1ccccc1C. The van der Waals surface area contributed by atoms with Crippen molar-refractivity contribution in [2.45, 2.75) is 39.2 Å². The summed E-state index contributed by atoms with van der Waals surface area (Å²) in [5, 5.41) is 9.02. The number of aliphatic carboxylic acids is 1. The van der Waals surface area contributed by atoms with Crippen molar-refractivity contribution in [2.75, 3.05) is 13.7 Å². The molecule has 1 amide bonds. The number of rotatable bonds is 8. The van der Waals surface area contributed by atoms with Gasteiger partial charge in [-0.3, -0.25) is 4.79 Å². The molecule has 21 heavy (non-hydrogen) atoms. The van der Waals surface area contributed by atoms with E-state index in [4.69, 9.17) is 9.84 Å². The summed E-state index contributed by atoms with van der Waals surface area (Å²) in [5.74, 6) is -0.322. The molecule has 0 saturated carbocycles. The Kier molecular flexibility index (Phi) is 6.72. The average molecular weight is 293 g/mol. The van der Waals surface area contributed by atoms with Crippen LogP contribution in [-0.4, -0.2) is 41.6 Å². The number of likely N-dealkylation sites (N-methyl/N-ethyl adjacent to an activating group) is 1. The maximum absolute atomic E-state index is 11.9. The topological polar surface area (TPSA) is 66.8 Å². The van der Waals surface area contributed by atoms with Gasteiger partial charge in [0.15, 0.2) is 0 Å². The quantitative estimate of drug-likeness (QED) is 0.748. The summed E-state index contributed by atoms with van der Waals surface area (Å²) in [6.45, 7) is 4.16. The highest BCUT2D eigenvalue weighted by Gasteiger charge is 2.24. The lowest BCUT2D eigenvalue weighted by Crippen LogP contribution is -2.41. The average Bonchev–Trinajstić information content (AvgIpc) is 2.45. The molecule has 5 nitrogen and oxygen atoms in total. The molecule has 0 aliphatic heterocycles. The van der Waals surface area contributed by atoms with Crippen LogP contribution in [0.3, 0.4) is 0 Å². The fourth-order valence-corrected chi connectivity index (χ4v) is 2.09. The third-order valence-corrected chi connectivity index (χ3v) is 3.42. The number of nitrogens with zero attached hydrogens (tertiary/aromatic N) is 1. The molecule has 1 aromatic carbocycles. The molecule has 1 aromatic rings. The molecule has 0 aromatic heterocycles. The molecule has 1 N–H and O–H groups in total. The van der Waals surface area contributed by atoms with E-state index in [0.717, 1.165) is 11.3 Å². The van der Waals surface area contributed by atoms with Gasteiger partial charge in [0.1, 0.15) is 11.8 Å². The van der Waals surface area contributed by atoms with Gasteiger partial charge in [0.25, 0.3) is 0 Å². The van der Waals surface area contributed by atoms with E-state index in [9.17, 15) is 9.59 Å². The van der Waals surface area contributed by atoms with Gasteiger partial charge in [-0.1, -0.05) is 25.1 Å². The molecule has 116 valence electrons. The van der Waals surface area contributed by atoms with Crippen LogP contribution in [0.5, 0.6) is 5.75 Å². The van der Waals surface area contributed by atoms with Gasteiger partial charge in [-0.05, 0) is 31.4 Å². The van der Waals surface area contributed by atoms with Gasteiger partial charge in [-0.25, -0.2) is 4.79 Å². The van der Waals surface area contributed by atoms with Crippen LogP contribution in [-0.2, 0) is 9.59 Å². The molecule has 5 heteroatoms. The van der Waals surface area contributed by atoms with E-state index in [0.29, 0.717) is 19.4 Å². The second kappa shape index (κ2) is 8.29. The minimum atomic E-state index is -0.968. The Labute approximate surface area is 125 Å². The first-order valence-electron chi connectivity index (χ1n) is 7.14. The van der Waals surface area contributed by atoms with Crippen LogP contribution in [0.15, 0.2) is 24.3 Å². The smallest absolute Gasteiger partial charge is 0.326 e. The van der Waals surface area contributed by atoms with Crippen LogP contribution in [0.4, 0.5) is 0 Å². The Morgan fingerprint density at radius 2 is 2.00 bits per heavy atom. The number of carbonyl (C=O) groups excluding carboxylic acids is 1. The van der Waals surface area contributed by atoms with E-state index in [1.54, 1.807) is 6.92 Å². The minimum absolute atomic E-state index is 0.169. The number of ether oxygens (including phenoxy) is 1. The number of amides is 1. The van der Waals surface area contributed by atoms with Crippen molar-refractivity contribution in [1.29, 1.82) is 0 Å². The van der Waals surface area contributed by atoms with Crippen molar-refractivity contribution in [3.8, 4) is 5.75 Å². The Hall–Kier alpha value is -2.04. The highest BCUT2D eigenvalue weighted by Crippen LogP contribution is 2.16. The van der Waals surface area contributed by atoms with Crippen LogP contribution >= 0.6 is 0 Å². The molecule has 1 unspecified atom stereocenters. The van der Waals surface area contributed by atoms with Crippen molar-refractivity contribution in [3.63, 3.8) is 0 Å². The molecule has 0 heterocycles. The zero-order valence-corrected chi connectivity index (χ0v) is 12.8. The lowest BCUT2D eigenvalue weighted by Gasteiger charge is -2.23. The van der Waals surface area contributed by atoms with Crippen molar-refractivity contribution in [2.24, 2.45) is 0 Å². The number of carboxylic acids is 1. The maximum Gasteiger partial charge on any atom is 0.326 e. The molecule has 0 radical (unpaired) electrons. The van der Waals surface area contributed by atoms with Crippen molar-refractivity contribution in [3.05, 3.63) is 29.8 Å². The number of aryl methyl sites for hydroxylation is 1. The predicted molar refractivity (Wildman–Crippen MR) is 80.4 cm³/mol. The standard InChI is InChI=1S/C16H23NO4/c1-4-13(16(19)20)17(3)15(18)10-7-11-21-14-9-6-5-8-12(14)2/h5-6,8-9,13H,4,7,10-11H2,1-3H3,(H,19,20). The zero-order chi connectivity index (χ0) is 15.8. The zero-order valence-electron chi connectivity index (χ0n) is 12.8. The molecule has 0 aliphatic carbocycles. The highest BCUT2D eigenvalue weighted by molar-refractivity contribution is 5.83. The molecule has 0 aliphatic rings. The van der Waals surface area contributed by atoms with E-state index in [1.807, 2.05) is 31.2 Å². The molecule has 0 fully saturated rings. The summed E-state index contributed by atoms with van der Waals surface area (Å²) < 4.78 is 5.61. The molecule has 1 atom stereocenters. The largest absolute Gasteiger partial charge is 0.493 e. The van der Waals surface area contributed by atoms with Crippen molar-refractivity contribution in [1.82, 2.24) is 4.90 Å². The van der Waals surface area contributed by atoms with Crippen LogP contribution in [0, 0.1) is 6.92 Å². The van der Waals surface area contributed by atoms with Gasteiger partial charge in [0, 0.05) is 13.5 Å².